The highest BCUT2D eigenvalue weighted by Gasteiger charge is 2.21. The van der Waals surface area contributed by atoms with Gasteiger partial charge in [0.25, 0.3) is 0 Å². The van der Waals surface area contributed by atoms with E-state index in [0.29, 0.717) is 26.4 Å². The molecule has 0 heterocycles. The van der Waals surface area contributed by atoms with E-state index >= 15 is 0 Å². The molecule has 0 spiro atoms. The number of carbonyl (C=O) groups is 2. The number of aliphatic hydroxyl groups excluding tert-OH is 1. The lowest BCUT2D eigenvalue weighted by molar-refractivity contribution is -0.155. The third-order valence-corrected chi connectivity index (χ3v) is 4.04. The van der Waals surface area contributed by atoms with E-state index < -0.39 is 42.0 Å². The zero-order chi connectivity index (χ0) is 26.7. The first-order chi connectivity index (χ1) is 16.5. The molecule has 0 aliphatic rings. The molecule has 0 aromatic heterocycles. The first-order valence-corrected chi connectivity index (χ1v) is 11.3. The minimum absolute atomic E-state index is 0.0802. The molecule has 0 aliphatic carbocycles. The zero-order valence-corrected chi connectivity index (χ0v) is 21.9. The van der Waals surface area contributed by atoms with E-state index in [1.54, 1.807) is 41.9 Å². The average Bonchev–Trinajstić information content (AvgIpc) is 2.75. The summed E-state index contributed by atoms with van der Waals surface area (Å²) in [6.07, 6.45) is 1.93. The summed E-state index contributed by atoms with van der Waals surface area (Å²) in [7, 11) is 3.10. The second-order valence-electron chi connectivity index (χ2n) is 8.43. The molecule has 0 unspecified atom stereocenters. The number of hydrogen-bond donors (Lipinski definition) is 1. The normalized spacial score (nSPS) is 15.8. The first kappa shape index (κ1) is 33.1. The molecule has 0 aromatic carbocycles. The van der Waals surface area contributed by atoms with Gasteiger partial charge >= 0.3 is 11.9 Å². The second kappa shape index (κ2) is 19.3. The van der Waals surface area contributed by atoms with Crippen molar-refractivity contribution in [1.29, 1.82) is 0 Å². The number of aliphatic hydroxyl groups is 1. The molecule has 0 fully saturated rings. The summed E-state index contributed by atoms with van der Waals surface area (Å²) >= 11 is 0. The van der Waals surface area contributed by atoms with Gasteiger partial charge in [0.1, 0.15) is 37.5 Å². The van der Waals surface area contributed by atoms with Crippen LogP contribution in [0.2, 0.25) is 0 Å². The zero-order valence-electron chi connectivity index (χ0n) is 21.9. The molecule has 0 rings (SSSR count). The molecule has 0 amide bonds. The predicted octanol–water partition coefficient (Wildman–Crippen LogP) is 1.76. The summed E-state index contributed by atoms with van der Waals surface area (Å²) in [6, 6.07) is 0. The van der Waals surface area contributed by atoms with Gasteiger partial charge in [-0.25, -0.2) is 9.59 Å². The van der Waals surface area contributed by atoms with Crippen molar-refractivity contribution in [3.63, 3.8) is 0 Å². The van der Waals surface area contributed by atoms with Gasteiger partial charge in [-0.3, -0.25) is 0 Å². The molecule has 35 heavy (non-hydrogen) atoms. The van der Waals surface area contributed by atoms with Crippen molar-refractivity contribution in [3.8, 4) is 0 Å². The van der Waals surface area contributed by atoms with Crippen LogP contribution in [-0.4, -0.2) is 101 Å². The molecule has 204 valence electrons. The Morgan fingerprint density at radius 3 is 1.77 bits per heavy atom. The van der Waals surface area contributed by atoms with Crippen LogP contribution in [0.1, 0.15) is 34.6 Å². The fourth-order valence-corrected chi connectivity index (χ4v) is 2.33. The van der Waals surface area contributed by atoms with Crippen LogP contribution in [0.15, 0.2) is 24.3 Å². The Kier molecular flexibility index (Phi) is 18.3. The largest absolute Gasteiger partial charge is 0.457 e. The molecule has 0 bridgehead atoms. The summed E-state index contributed by atoms with van der Waals surface area (Å²) in [4.78, 5) is 24.4. The monoisotopic (exact) mass is 506 g/mol. The van der Waals surface area contributed by atoms with Crippen LogP contribution < -0.4 is 0 Å². The van der Waals surface area contributed by atoms with Crippen LogP contribution in [0, 0.1) is 0 Å². The van der Waals surface area contributed by atoms with E-state index in [4.69, 9.17) is 37.9 Å². The van der Waals surface area contributed by atoms with Gasteiger partial charge in [0, 0.05) is 26.4 Å². The van der Waals surface area contributed by atoms with E-state index in [9.17, 15) is 14.7 Å². The molecule has 11 heteroatoms. The Morgan fingerprint density at radius 1 is 0.800 bits per heavy atom. The predicted molar refractivity (Wildman–Crippen MR) is 126 cm³/mol. The maximum absolute atomic E-state index is 12.3. The molecular weight excluding hydrogens is 464 g/mol. The fourth-order valence-electron chi connectivity index (χ4n) is 2.33. The first-order valence-electron chi connectivity index (χ1n) is 11.3. The molecule has 4 atom stereocenters. The second-order valence-corrected chi connectivity index (χ2v) is 8.43. The van der Waals surface area contributed by atoms with E-state index in [0.717, 1.165) is 6.08 Å². The quantitative estimate of drug-likeness (QED) is 0.119. The van der Waals surface area contributed by atoms with Gasteiger partial charge in [0.15, 0.2) is 0 Å². The SMILES string of the molecule is COCCOCO[C@H](/C=C/C(=O)O[C@@H](C)[C@@H](/C=C/C(=O)OC(C)(C)C)OCOCCOC)[C@H](C)O. The average molecular weight is 507 g/mol. The van der Waals surface area contributed by atoms with E-state index in [1.165, 1.54) is 25.2 Å². The van der Waals surface area contributed by atoms with Crippen molar-refractivity contribution in [2.24, 2.45) is 0 Å². The highest BCUT2D eigenvalue weighted by molar-refractivity contribution is 5.83. The van der Waals surface area contributed by atoms with E-state index in [1.807, 2.05) is 0 Å². The standard InChI is InChI=1S/C24H42O11/c1-18(25)20(32-16-30-14-12-28-6)8-10-22(26)34-19(2)21(33-17-31-15-13-29-7)9-11-23(27)35-24(3,4)5/h8-11,18-21,25H,12-17H2,1-7H3/b10-8+,11-9+/t18-,19-,20+,21+/m0/s1. The van der Waals surface area contributed by atoms with Crippen molar-refractivity contribution in [2.75, 3.05) is 54.2 Å². The van der Waals surface area contributed by atoms with Gasteiger partial charge in [0.2, 0.25) is 0 Å². The molecule has 0 saturated carbocycles. The summed E-state index contributed by atoms with van der Waals surface area (Å²) in [5.74, 6) is -1.25. The Bertz CT molecular complexity index is 625. The summed E-state index contributed by atoms with van der Waals surface area (Å²) in [6.45, 7) is 9.65. The van der Waals surface area contributed by atoms with Gasteiger partial charge in [-0.2, -0.15) is 0 Å². The highest BCUT2D eigenvalue weighted by Crippen LogP contribution is 2.11. The van der Waals surface area contributed by atoms with E-state index in [-0.39, 0.29) is 13.6 Å². The molecule has 0 saturated heterocycles. The van der Waals surface area contributed by atoms with Crippen molar-refractivity contribution < 1.29 is 52.6 Å². The summed E-state index contributed by atoms with van der Waals surface area (Å²) in [5, 5.41) is 9.85. The Hall–Kier alpha value is -1.86. The topological polar surface area (TPSA) is 128 Å². The molecular formula is C24H42O11. The van der Waals surface area contributed by atoms with Crippen molar-refractivity contribution >= 4 is 11.9 Å². The minimum atomic E-state index is -0.889. The van der Waals surface area contributed by atoms with Crippen LogP contribution >= 0.6 is 0 Å². The molecule has 1 N–H and O–H groups in total. The lowest BCUT2D eigenvalue weighted by atomic mass is 10.2. The number of ether oxygens (including phenoxy) is 8. The fraction of sp³-hybridized carbons (Fsp3) is 0.750. The molecule has 11 nitrogen and oxygen atoms in total. The van der Waals surface area contributed by atoms with Gasteiger partial charge in [-0.1, -0.05) is 0 Å². The van der Waals surface area contributed by atoms with Crippen molar-refractivity contribution in [2.45, 2.75) is 64.6 Å². The maximum Gasteiger partial charge on any atom is 0.331 e. The van der Waals surface area contributed by atoms with E-state index in [2.05, 4.69) is 0 Å². The van der Waals surface area contributed by atoms with Crippen LogP contribution in [0.4, 0.5) is 0 Å². The highest BCUT2D eigenvalue weighted by atomic mass is 16.7. The maximum atomic E-state index is 12.3. The summed E-state index contributed by atoms with van der Waals surface area (Å²) in [5.41, 5.74) is -0.652. The van der Waals surface area contributed by atoms with Crippen LogP contribution in [0.5, 0.6) is 0 Å². The number of hydrogen-bond acceptors (Lipinski definition) is 11. The third-order valence-electron chi connectivity index (χ3n) is 4.04. The molecule has 0 aromatic rings. The Balaban J connectivity index is 4.98. The number of carbonyl (C=O) groups excluding carboxylic acids is 2. The number of methoxy groups -OCH3 is 2. The molecule has 0 aliphatic heterocycles. The smallest absolute Gasteiger partial charge is 0.331 e. The van der Waals surface area contributed by atoms with Crippen LogP contribution in [-0.2, 0) is 47.5 Å². The lowest BCUT2D eigenvalue weighted by Crippen LogP contribution is -2.31. The Labute approximate surface area is 208 Å². The van der Waals surface area contributed by atoms with Crippen LogP contribution in [0.3, 0.4) is 0 Å². The Morgan fingerprint density at radius 2 is 1.29 bits per heavy atom. The summed E-state index contributed by atoms with van der Waals surface area (Å²) < 4.78 is 41.9. The molecule has 0 radical (unpaired) electrons. The number of esters is 2. The van der Waals surface area contributed by atoms with Crippen LogP contribution in [0.25, 0.3) is 0 Å². The van der Waals surface area contributed by atoms with Gasteiger partial charge in [-0.05, 0) is 46.8 Å². The third kappa shape index (κ3) is 19.1. The minimum Gasteiger partial charge on any atom is -0.457 e. The lowest BCUT2D eigenvalue weighted by Gasteiger charge is -2.22. The van der Waals surface area contributed by atoms with Gasteiger partial charge in [-0.15, -0.1) is 0 Å². The van der Waals surface area contributed by atoms with Gasteiger partial charge in [0.05, 0.1) is 32.5 Å². The van der Waals surface area contributed by atoms with Crippen molar-refractivity contribution in [1.82, 2.24) is 0 Å². The van der Waals surface area contributed by atoms with Gasteiger partial charge < -0.3 is 43.0 Å². The van der Waals surface area contributed by atoms with Crippen molar-refractivity contribution in [3.05, 3.63) is 24.3 Å². The number of rotatable bonds is 19.